The van der Waals surface area contributed by atoms with E-state index >= 15 is 0 Å². The van der Waals surface area contributed by atoms with Gasteiger partial charge in [0.15, 0.2) is 0 Å². The van der Waals surface area contributed by atoms with Gasteiger partial charge < -0.3 is 14.9 Å². The number of hydrogen-bond donors (Lipinski definition) is 1. The zero-order valence-electron chi connectivity index (χ0n) is 33.7. The first-order chi connectivity index (χ1) is 29.4. The molecule has 0 bridgehead atoms. The van der Waals surface area contributed by atoms with Crippen molar-refractivity contribution >= 4 is 49.3 Å². The van der Waals surface area contributed by atoms with E-state index in [-0.39, 0.29) is 5.41 Å². The number of aromatic nitrogens is 2. The van der Waals surface area contributed by atoms with E-state index in [0.29, 0.717) is 0 Å². The molecule has 0 radical (unpaired) electrons. The number of fused-ring (bicyclic) bond motifs is 9. The molecule has 2 heterocycles. The SMILES string of the molecule is CC1(C)c2ccccc2-c2ccc(N)cc21.c1ccc(-c2ccc3c(c2)c2ccccc2n3-c2cccc(-n3c4ccccc4c4cc(-c5ccccc5)ccc43)c2)cc1. The van der Waals surface area contributed by atoms with Crippen LogP contribution in [0.4, 0.5) is 5.69 Å². The van der Waals surface area contributed by atoms with E-state index < -0.39 is 0 Å². The Hall–Kier alpha value is -7.62. The highest BCUT2D eigenvalue weighted by atomic mass is 15.0. The van der Waals surface area contributed by atoms with Gasteiger partial charge in [0.25, 0.3) is 0 Å². The molecular formula is C57H43N3. The number of para-hydroxylation sites is 2. The molecule has 286 valence electrons. The number of benzene rings is 9. The Kier molecular flexibility index (Phi) is 8.31. The monoisotopic (exact) mass is 769 g/mol. The van der Waals surface area contributed by atoms with E-state index in [9.17, 15) is 0 Å². The van der Waals surface area contributed by atoms with E-state index in [2.05, 4.69) is 229 Å². The summed E-state index contributed by atoms with van der Waals surface area (Å²) in [5, 5.41) is 5.04. The molecule has 0 saturated heterocycles. The van der Waals surface area contributed by atoms with Crippen LogP contribution in [0.2, 0.25) is 0 Å². The van der Waals surface area contributed by atoms with Crippen molar-refractivity contribution < 1.29 is 0 Å². The Morgan fingerprint density at radius 3 is 1.37 bits per heavy atom. The summed E-state index contributed by atoms with van der Waals surface area (Å²) in [7, 11) is 0. The second-order valence-electron chi connectivity index (χ2n) is 16.4. The highest BCUT2D eigenvalue weighted by Gasteiger charge is 2.34. The van der Waals surface area contributed by atoms with Crippen LogP contribution in [0.3, 0.4) is 0 Å². The van der Waals surface area contributed by atoms with Crippen molar-refractivity contribution in [3.63, 3.8) is 0 Å². The third-order valence-electron chi connectivity index (χ3n) is 12.5. The lowest BCUT2D eigenvalue weighted by atomic mass is 9.82. The fraction of sp³-hybridized carbons (Fsp3) is 0.0526. The molecule has 0 unspecified atom stereocenters. The van der Waals surface area contributed by atoms with Gasteiger partial charge in [0.05, 0.1) is 22.1 Å². The molecule has 0 atom stereocenters. The molecule has 2 aromatic heterocycles. The van der Waals surface area contributed by atoms with Gasteiger partial charge in [0.2, 0.25) is 0 Å². The molecule has 1 aliphatic carbocycles. The van der Waals surface area contributed by atoms with Crippen LogP contribution in [0, 0.1) is 0 Å². The van der Waals surface area contributed by atoms with Crippen LogP contribution in [-0.4, -0.2) is 9.13 Å². The van der Waals surface area contributed by atoms with E-state index in [1.54, 1.807) is 0 Å². The third-order valence-corrected chi connectivity index (χ3v) is 12.5. The predicted molar refractivity (Wildman–Crippen MR) is 254 cm³/mol. The van der Waals surface area contributed by atoms with Crippen LogP contribution >= 0.6 is 0 Å². The first kappa shape index (κ1) is 35.5. The summed E-state index contributed by atoms with van der Waals surface area (Å²) in [5.74, 6) is 0. The maximum atomic E-state index is 5.89. The minimum absolute atomic E-state index is 0.0707. The van der Waals surface area contributed by atoms with Gasteiger partial charge in [0.1, 0.15) is 0 Å². The highest BCUT2D eigenvalue weighted by molar-refractivity contribution is 6.12. The first-order valence-corrected chi connectivity index (χ1v) is 20.7. The Morgan fingerprint density at radius 2 is 0.800 bits per heavy atom. The number of nitrogens with two attached hydrogens (primary N) is 1. The number of nitrogens with zero attached hydrogens (tertiary/aromatic N) is 2. The number of nitrogen functional groups attached to an aromatic ring is 1. The third kappa shape index (κ3) is 5.73. The van der Waals surface area contributed by atoms with Crippen molar-refractivity contribution in [3.05, 3.63) is 223 Å². The number of rotatable bonds is 4. The van der Waals surface area contributed by atoms with Gasteiger partial charge in [-0.15, -0.1) is 0 Å². The smallest absolute Gasteiger partial charge is 0.0541 e. The lowest BCUT2D eigenvalue weighted by Crippen LogP contribution is -2.15. The molecule has 11 aromatic rings. The Balaban J connectivity index is 0.000000213. The van der Waals surface area contributed by atoms with Gasteiger partial charge in [-0.25, -0.2) is 0 Å². The summed E-state index contributed by atoms with van der Waals surface area (Å²) < 4.78 is 4.81. The molecule has 0 amide bonds. The quantitative estimate of drug-likeness (QED) is 0.178. The molecule has 3 heteroatoms. The van der Waals surface area contributed by atoms with Gasteiger partial charge in [-0.05, 0) is 111 Å². The van der Waals surface area contributed by atoms with Crippen molar-refractivity contribution in [3.8, 4) is 44.8 Å². The maximum absolute atomic E-state index is 5.89. The molecule has 0 saturated carbocycles. The van der Waals surface area contributed by atoms with Crippen LogP contribution in [0.25, 0.3) is 88.4 Å². The van der Waals surface area contributed by atoms with Crippen molar-refractivity contribution in [2.75, 3.05) is 5.73 Å². The zero-order chi connectivity index (χ0) is 40.4. The molecule has 0 spiro atoms. The first-order valence-electron chi connectivity index (χ1n) is 20.7. The molecular weight excluding hydrogens is 727 g/mol. The molecule has 12 rings (SSSR count). The Labute approximate surface area is 350 Å². The molecule has 60 heavy (non-hydrogen) atoms. The van der Waals surface area contributed by atoms with Crippen molar-refractivity contribution in [1.29, 1.82) is 0 Å². The van der Waals surface area contributed by atoms with E-state index in [0.717, 1.165) is 17.1 Å². The average molecular weight is 770 g/mol. The standard InChI is InChI=1S/C42H28N2.C15H15N/c1-3-12-29(13-4-1)31-22-24-41-37(26-31)35-18-7-9-20-39(35)43(41)33-16-11-17-34(28-33)44-40-21-10-8-19-36(40)38-27-32(23-25-42(38)44)30-14-5-2-6-15-30;1-15(2)13-6-4-3-5-11(13)12-8-7-10(16)9-14(12)15/h1-28H;3-9H,16H2,1-2H3. The van der Waals surface area contributed by atoms with Crippen molar-refractivity contribution in [2.45, 2.75) is 19.3 Å². The van der Waals surface area contributed by atoms with Crippen LogP contribution in [0.15, 0.2) is 212 Å². The van der Waals surface area contributed by atoms with Crippen LogP contribution < -0.4 is 5.73 Å². The van der Waals surface area contributed by atoms with Gasteiger partial charge >= 0.3 is 0 Å². The summed E-state index contributed by atoms with van der Waals surface area (Å²) >= 11 is 0. The largest absolute Gasteiger partial charge is 0.399 e. The lowest BCUT2D eigenvalue weighted by molar-refractivity contribution is 0.660. The Morgan fingerprint density at radius 1 is 0.333 bits per heavy atom. The van der Waals surface area contributed by atoms with E-state index in [1.165, 1.54) is 88.1 Å². The summed E-state index contributed by atoms with van der Waals surface area (Å²) in [5.41, 5.74) is 24.3. The highest BCUT2D eigenvalue weighted by Crippen LogP contribution is 2.49. The molecule has 0 aliphatic heterocycles. The molecule has 3 nitrogen and oxygen atoms in total. The normalized spacial score (nSPS) is 12.7. The average Bonchev–Trinajstić information content (AvgIpc) is 3.89. The summed E-state index contributed by atoms with van der Waals surface area (Å²) in [6.07, 6.45) is 0. The molecule has 2 N–H and O–H groups in total. The zero-order valence-corrected chi connectivity index (χ0v) is 33.7. The predicted octanol–water partition coefficient (Wildman–Crippen LogP) is 14.8. The fourth-order valence-corrected chi connectivity index (χ4v) is 9.62. The van der Waals surface area contributed by atoms with E-state index in [1.807, 2.05) is 6.07 Å². The molecule has 0 fully saturated rings. The lowest BCUT2D eigenvalue weighted by Gasteiger charge is -2.21. The van der Waals surface area contributed by atoms with Crippen LogP contribution in [0.1, 0.15) is 25.0 Å². The van der Waals surface area contributed by atoms with Gasteiger partial charge in [-0.2, -0.15) is 0 Å². The molecule has 1 aliphatic rings. The second kappa shape index (κ2) is 14.0. The summed E-state index contributed by atoms with van der Waals surface area (Å²) in [6.45, 7) is 4.52. The maximum Gasteiger partial charge on any atom is 0.0541 e. The van der Waals surface area contributed by atoms with Gasteiger partial charge in [0, 0.05) is 44.0 Å². The topological polar surface area (TPSA) is 35.9 Å². The minimum atomic E-state index is 0.0707. The summed E-state index contributed by atoms with van der Waals surface area (Å²) in [6, 6.07) is 76.3. The summed E-state index contributed by atoms with van der Waals surface area (Å²) in [4.78, 5) is 0. The van der Waals surface area contributed by atoms with Gasteiger partial charge in [-0.1, -0.05) is 159 Å². The minimum Gasteiger partial charge on any atom is -0.399 e. The number of anilines is 1. The molecule has 9 aromatic carbocycles. The second-order valence-corrected chi connectivity index (χ2v) is 16.4. The van der Waals surface area contributed by atoms with Crippen LogP contribution in [-0.2, 0) is 5.41 Å². The van der Waals surface area contributed by atoms with Crippen molar-refractivity contribution in [1.82, 2.24) is 9.13 Å². The van der Waals surface area contributed by atoms with Crippen molar-refractivity contribution in [2.24, 2.45) is 0 Å². The van der Waals surface area contributed by atoms with E-state index in [4.69, 9.17) is 5.73 Å². The van der Waals surface area contributed by atoms with Gasteiger partial charge in [-0.3, -0.25) is 0 Å². The van der Waals surface area contributed by atoms with Crippen LogP contribution in [0.5, 0.6) is 0 Å². The fourth-order valence-electron chi connectivity index (χ4n) is 9.62. The Bertz CT molecular complexity index is 3230. The number of hydrogen-bond acceptors (Lipinski definition) is 1.